The van der Waals surface area contributed by atoms with Crippen LogP contribution in [0.2, 0.25) is 0 Å². The number of nitro benzene ring substituents is 1. The number of benzene rings is 1. The molecule has 0 bridgehead atoms. The molecule has 2 rings (SSSR count). The van der Waals surface area contributed by atoms with E-state index in [-0.39, 0.29) is 5.69 Å². The lowest BCUT2D eigenvalue weighted by molar-refractivity contribution is -0.384. The molecule has 10 heteroatoms. The summed E-state index contributed by atoms with van der Waals surface area (Å²) in [4.78, 5) is 21.8. The van der Waals surface area contributed by atoms with Crippen molar-refractivity contribution < 1.29 is 28.3 Å². The molecule has 1 amide bonds. The van der Waals surface area contributed by atoms with E-state index in [1.165, 1.54) is 18.2 Å². The van der Waals surface area contributed by atoms with Gasteiger partial charge in [-0.15, -0.1) is 0 Å². The van der Waals surface area contributed by atoms with Gasteiger partial charge in [-0.25, -0.2) is 24.0 Å². The van der Waals surface area contributed by atoms with Crippen molar-refractivity contribution in [2.45, 2.75) is 12.8 Å². The zero-order valence-corrected chi connectivity index (χ0v) is 12.4. The minimum Gasteiger partial charge on any atom is -0.464 e. The van der Waals surface area contributed by atoms with Crippen molar-refractivity contribution in [2.75, 3.05) is 24.8 Å². The van der Waals surface area contributed by atoms with Crippen LogP contribution in [0.4, 0.5) is 25.0 Å². The molecule has 1 aromatic rings. The molecule has 0 saturated heterocycles. The number of ether oxygens (including phenoxy) is 1. The van der Waals surface area contributed by atoms with Gasteiger partial charge in [0.05, 0.1) is 24.7 Å². The predicted octanol–water partition coefficient (Wildman–Crippen LogP) is 2.65. The molecule has 0 spiro atoms. The zero-order valence-electron chi connectivity index (χ0n) is 12.4. The van der Waals surface area contributed by atoms with Crippen molar-refractivity contribution in [1.29, 1.82) is 0 Å². The summed E-state index contributed by atoms with van der Waals surface area (Å²) in [6, 6.07) is 3.96. The summed E-state index contributed by atoms with van der Waals surface area (Å²) in [5.41, 5.74) is 2.56. The van der Waals surface area contributed by atoms with E-state index in [4.69, 9.17) is 9.84 Å². The normalized spacial score (nSPS) is 14.4. The topological polar surface area (TPSA) is 105 Å². The maximum absolute atomic E-state index is 12.3. The fourth-order valence-corrected chi connectivity index (χ4v) is 2.26. The lowest BCUT2D eigenvalue weighted by Gasteiger charge is -2.21. The van der Waals surface area contributed by atoms with E-state index in [2.05, 4.69) is 0 Å². The molecule has 2 N–H and O–H groups in total. The van der Waals surface area contributed by atoms with E-state index >= 15 is 0 Å². The summed E-state index contributed by atoms with van der Waals surface area (Å²) in [5.74, 6) is 0. The molecular weight excluding hydrogens is 328 g/mol. The number of nitrogens with one attached hydrogen (secondary N) is 1. The van der Waals surface area contributed by atoms with Crippen molar-refractivity contribution in [3.8, 4) is 0 Å². The van der Waals surface area contributed by atoms with Gasteiger partial charge in [0, 0.05) is 6.07 Å². The Morgan fingerprint density at radius 1 is 1.50 bits per heavy atom. The van der Waals surface area contributed by atoms with Crippen LogP contribution in [-0.2, 0) is 4.74 Å². The predicted molar refractivity (Wildman–Crippen MR) is 81.0 cm³/mol. The molecule has 1 aliphatic rings. The van der Waals surface area contributed by atoms with Gasteiger partial charge in [-0.1, -0.05) is 12.1 Å². The van der Waals surface area contributed by atoms with E-state index in [1.54, 1.807) is 6.08 Å². The average molecular weight is 343 g/mol. The molecule has 0 aromatic heterocycles. The summed E-state index contributed by atoms with van der Waals surface area (Å²) in [6.45, 7) is -0.0750. The summed E-state index contributed by atoms with van der Waals surface area (Å²) in [6.07, 6.45) is -2.08. The first kappa shape index (κ1) is 17.8. The maximum Gasteiger partial charge on any atom is 0.426 e. The van der Waals surface area contributed by atoms with E-state index in [0.29, 0.717) is 30.2 Å². The van der Waals surface area contributed by atoms with Gasteiger partial charge in [0.2, 0.25) is 0 Å². The Morgan fingerprint density at radius 2 is 2.25 bits per heavy atom. The summed E-state index contributed by atoms with van der Waals surface area (Å²) >= 11 is 0. The number of nitro groups is 1. The van der Waals surface area contributed by atoms with E-state index in [9.17, 15) is 23.7 Å². The number of carbonyl (C=O) groups is 1. The average Bonchev–Trinajstić information content (AvgIpc) is 2.55. The lowest BCUT2D eigenvalue weighted by Crippen LogP contribution is -2.44. The number of alkyl halides is 2. The third-order valence-electron chi connectivity index (χ3n) is 3.34. The molecule has 1 aliphatic heterocycles. The maximum atomic E-state index is 12.3. The largest absolute Gasteiger partial charge is 0.464 e. The summed E-state index contributed by atoms with van der Waals surface area (Å²) < 4.78 is 29.8. The van der Waals surface area contributed by atoms with E-state index < -0.39 is 29.7 Å². The minimum absolute atomic E-state index is 0.326. The number of amides is 1. The first-order valence-corrected chi connectivity index (χ1v) is 7.00. The third-order valence-corrected chi connectivity index (χ3v) is 3.34. The van der Waals surface area contributed by atoms with Gasteiger partial charge >= 0.3 is 6.09 Å². The van der Waals surface area contributed by atoms with Crippen LogP contribution in [-0.4, -0.2) is 42.3 Å². The van der Waals surface area contributed by atoms with Gasteiger partial charge in [0.15, 0.2) is 0 Å². The standard InChI is InChI=1S/C14H15F2N3O5/c15-13(16)8-17-18(14(20)21)11-2-1-10(7-12(11)19(22)23)9-3-5-24-6-4-9/h1-3,7,13,17H,4-6,8H2,(H,20,21). The number of hydrogen-bond acceptors (Lipinski definition) is 5. The molecule has 24 heavy (non-hydrogen) atoms. The second kappa shape index (κ2) is 7.79. The molecule has 130 valence electrons. The number of halogens is 2. The molecule has 1 heterocycles. The Bertz CT molecular complexity index is 666. The molecule has 1 aromatic carbocycles. The Hall–Kier alpha value is -2.59. The van der Waals surface area contributed by atoms with E-state index in [0.717, 1.165) is 5.57 Å². The number of anilines is 1. The summed E-state index contributed by atoms with van der Waals surface area (Å²) in [5, 5.41) is 20.7. The molecule has 8 nitrogen and oxygen atoms in total. The Labute approximate surface area is 135 Å². The Morgan fingerprint density at radius 3 is 2.79 bits per heavy atom. The second-order valence-corrected chi connectivity index (χ2v) is 4.89. The van der Waals surface area contributed by atoms with Gasteiger partial charge in [0.25, 0.3) is 12.1 Å². The number of nitrogens with zero attached hydrogens (tertiary/aromatic N) is 2. The number of hydrazine groups is 1. The monoisotopic (exact) mass is 343 g/mol. The SMILES string of the molecule is O=C(O)N(NCC(F)F)c1ccc(C2=CCOCC2)cc1[N+](=O)[O-]. The fraction of sp³-hybridized carbons (Fsp3) is 0.357. The highest BCUT2D eigenvalue weighted by atomic mass is 19.3. The highest BCUT2D eigenvalue weighted by molar-refractivity contribution is 5.89. The van der Waals surface area contributed by atoms with Crippen LogP contribution in [0, 0.1) is 10.1 Å². The first-order valence-electron chi connectivity index (χ1n) is 7.00. The van der Waals surface area contributed by atoms with Crippen LogP contribution in [0.3, 0.4) is 0 Å². The molecular formula is C14H15F2N3O5. The zero-order chi connectivity index (χ0) is 17.7. The number of carboxylic acid groups (broad SMARTS) is 1. The fourth-order valence-electron chi connectivity index (χ4n) is 2.26. The smallest absolute Gasteiger partial charge is 0.426 e. The van der Waals surface area contributed by atoms with Crippen molar-refractivity contribution in [1.82, 2.24) is 5.43 Å². The highest BCUT2D eigenvalue weighted by Gasteiger charge is 2.26. The van der Waals surface area contributed by atoms with Crippen LogP contribution < -0.4 is 10.4 Å². The van der Waals surface area contributed by atoms with Crippen molar-refractivity contribution in [3.05, 3.63) is 40.0 Å². The quantitative estimate of drug-likeness (QED) is 0.608. The minimum atomic E-state index is -2.81. The van der Waals surface area contributed by atoms with Crippen LogP contribution in [0.5, 0.6) is 0 Å². The first-order chi connectivity index (χ1) is 11.4. The van der Waals surface area contributed by atoms with Gasteiger partial charge in [-0.3, -0.25) is 10.1 Å². The lowest BCUT2D eigenvalue weighted by atomic mass is 10.0. The van der Waals surface area contributed by atoms with Crippen molar-refractivity contribution in [3.63, 3.8) is 0 Å². The van der Waals surface area contributed by atoms with Gasteiger partial charge in [0.1, 0.15) is 5.69 Å². The Kier molecular flexibility index (Phi) is 5.77. The third kappa shape index (κ3) is 4.24. The van der Waals surface area contributed by atoms with Gasteiger partial charge < -0.3 is 9.84 Å². The van der Waals surface area contributed by atoms with Crippen molar-refractivity contribution >= 4 is 23.0 Å². The molecule has 0 aliphatic carbocycles. The van der Waals surface area contributed by atoms with Crippen LogP contribution in [0.15, 0.2) is 24.3 Å². The number of rotatable bonds is 6. The van der Waals surface area contributed by atoms with Gasteiger partial charge in [-0.2, -0.15) is 0 Å². The van der Waals surface area contributed by atoms with E-state index in [1.807, 2.05) is 5.43 Å². The van der Waals surface area contributed by atoms with Crippen molar-refractivity contribution in [2.24, 2.45) is 0 Å². The number of hydrogen-bond donors (Lipinski definition) is 2. The van der Waals surface area contributed by atoms with Gasteiger partial charge in [-0.05, 0) is 23.6 Å². The molecule has 0 fully saturated rings. The Balaban J connectivity index is 2.39. The van der Waals surface area contributed by atoms with Crippen LogP contribution in [0.1, 0.15) is 12.0 Å². The van der Waals surface area contributed by atoms with Crippen LogP contribution >= 0.6 is 0 Å². The molecule has 0 atom stereocenters. The second-order valence-electron chi connectivity index (χ2n) is 4.89. The van der Waals surface area contributed by atoms with Crippen LogP contribution in [0.25, 0.3) is 5.57 Å². The molecule has 0 saturated carbocycles. The molecule has 0 unspecified atom stereocenters. The summed E-state index contributed by atoms with van der Waals surface area (Å²) in [7, 11) is 0. The highest BCUT2D eigenvalue weighted by Crippen LogP contribution is 2.32. The molecule has 0 radical (unpaired) electrons.